The van der Waals surface area contributed by atoms with E-state index in [1.807, 2.05) is 0 Å². The molecule has 1 aromatic carbocycles. The van der Waals surface area contributed by atoms with Crippen LogP contribution in [0.5, 0.6) is 0 Å². The van der Waals surface area contributed by atoms with Gasteiger partial charge in [0.1, 0.15) is 0 Å². The molecule has 10 heteroatoms. The van der Waals surface area contributed by atoms with E-state index in [9.17, 15) is 9.59 Å². The summed E-state index contributed by atoms with van der Waals surface area (Å²) in [5, 5.41) is 7.79. The lowest BCUT2D eigenvalue weighted by Crippen LogP contribution is -2.44. The summed E-state index contributed by atoms with van der Waals surface area (Å²) in [6.45, 7) is 1.68. The Bertz CT molecular complexity index is 694. The van der Waals surface area contributed by atoms with Gasteiger partial charge in [0.05, 0.1) is 5.25 Å². The van der Waals surface area contributed by atoms with Gasteiger partial charge >= 0.3 is 0 Å². The number of nitrogen functional groups attached to an aromatic ring is 1. The van der Waals surface area contributed by atoms with Crippen LogP contribution in [0, 0.1) is 0 Å². The van der Waals surface area contributed by atoms with Gasteiger partial charge in [0.25, 0.3) is 11.8 Å². The lowest BCUT2D eigenvalue weighted by atomic mass is 10.2. The molecule has 0 saturated carbocycles. The zero-order chi connectivity index (χ0) is 16.1. The van der Waals surface area contributed by atoms with Crippen molar-refractivity contribution < 1.29 is 9.59 Å². The molecule has 0 bridgehead atoms. The molecular formula is C12H12ClN5O2S2. The number of aromatic nitrogens is 2. The minimum absolute atomic E-state index is 0.337. The Morgan fingerprint density at radius 3 is 2.77 bits per heavy atom. The van der Waals surface area contributed by atoms with Crippen LogP contribution < -0.4 is 16.6 Å². The third-order valence-electron chi connectivity index (χ3n) is 2.45. The van der Waals surface area contributed by atoms with Crippen molar-refractivity contribution in [3.05, 3.63) is 34.9 Å². The van der Waals surface area contributed by atoms with Gasteiger partial charge in [-0.1, -0.05) is 40.8 Å². The lowest BCUT2D eigenvalue weighted by molar-refractivity contribution is -0.121. The largest absolute Gasteiger partial charge is 0.374 e. The van der Waals surface area contributed by atoms with Gasteiger partial charge in [0.15, 0.2) is 4.34 Å². The molecule has 22 heavy (non-hydrogen) atoms. The summed E-state index contributed by atoms with van der Waals surface area (Å²) in [5.41, 5.74) is 10.5. The van der Waals surface area contributed by atoms with Crippen LogP contribution in [0.15, 0.2) is 28.6 Å². The molecule has 2 aromatic rings. The van der Waals surface area contributed by atoms with Gasteiger partial charge in [0, 0.05) is 10.6 Å². The number of benzene rings is 1. The van der Waals surface area contributed by atoms with E-state index < -0.39 is 11.2 Å². The fourth-order valence-electron chi connectivity index (χ4n) is 1.39. The minimum atomic E-state index is -0.466. The summed E-state index contributed by atoms with van der Waals surface area (Å²) in [4.78, 5) is 23.8. The van der Waals surface area contributed by atoms with E-state index in [4.69, 9.17) is 17.3 Å². The number of thioether (sulfide) groups is 1. The average Bonchev–Trinajstić information content (AvgIpc) is 2.89. The standard InChI is InChI=1S/C12H12ClN5O2S2/c1-6(21-12-18-17-11(14)22-12)9(19)15-16-10(20)7-3-2-4-8(13)5-7/h2-6H,1H3,(H2,14,17)(H,15,19)(H,16,20)/t6-/m1/s1. The predicted octanol–water partition coefficient (Wildman–Crippen LogP) is 1.72. The average molecular weight is 358 g/mol. The third kappa shape index (κ3) is 4.58. The van der Waals surface area contributed by atoms with Crippen molar-refractivity contribution in [1.29, 1.82) is 0 Å². The first-order valence-corrected chi connectivity index (χ1v) is 8.14. The van der Waals surface area contributed by atoms with Crippen molar-refractivity contribution in [2.45, 2.75) is 16.5 Å². The van der Waals surface area contributed by atoms with Gasteiger partial charge in [-0.15, -0.1) is 10.2 Å². The van der Waals surface area contributed by atoms with Crippen LogP contribution in [0.2, 0.25) is 5.02 Å². The Balaban J connectivity index is 1.85. The smallest absolute Gasteiger partial charge is 0.269 e. The Kier molecular flexibility index (Phi) is 5.58. The fourth-order valence-corrected chi connectivity index (χ4v) is 3.37. The molecule has 0 radical (unpaired) electrons. The van der Waals surface area contributed by atoms with Crippen molar-refractivity contribution in [2.24, 2.45) is 0 Å². The first-order chi connectivity index (χ1) is 10.5. The van der Waals surface area contributed by atoms with Crippen LogP contribution in [-0.4, -0.2) is 27.3 Å². The molecule has 2 rings (SSSR count). The number of nitrogens with one attached hydrogen (secondary N) is 2. The molecule has 0 fully saturated rings. The number of hydrogen-bond donors (Lipinski definition) is 3. The van der Waals surface area contributed by atoms with Crippen molar-refractivity contribution in [3.8, 4) is 0 Å². The summed E-state index contributed by atoms with van der Waals surface area (Å²) in [5.74, 6) is -0.817. The van der Waals surface area contributed by atoms with Gasteiger partial charge in [-0.05, 0) is 25.1 Å². The maximum atomic E-state index is 11.9. The number of anilines is 1. The van der Waals surface area contributed by atoms with Crippen LogP contribution in [0.25, 0.3) is 0 Å². The van der Waals surface area contributed by atoms with Crippen LogP contribution in [0.4, 0.5) is 5.13 Å². The first kappa shape index (κ1) is 16.5. The highest BCUT2D eigenvalue weighted by Crippen LogP contribution is 2.27. The molecule has 1 heterocycles. The molecule has 0 aliphatic rings. The molecular weight excluding hydrogens is 346 g/mol. The highest BCUT2D eigenvalue weighted by Gasteiger charge is 2.17. The second-order valence-electron chi connectivity index (χ2n) is 4.12. The molecule has 4 N–H and O–H groups in total. The number of nitrogens with zero attached hydrogens (tertiary/aromatic N) is 2. The lowest BCUT2D eigenvalue weighted by Gasteiger charge is -2.11. The van der Waals surface area contributed by atoms with Gasteiger partial charge in [-0.2, -0.15) is 0 Å². The number of amides is 2. The minimum Gasteiger partial charge on any atom is -0.374 e. The zero-order valence-electron chi connectivity index (χ0n) is 11.4. The van der Waals surface area contributed by atoms with E-state index in [2.05, 4.69) is 21.0 Å². The van der Waals surface area contributed by atoms with E-state index in [1.54, 1.807) is 25.1 Å². The van der Waals surface area contributed by atoms with Gasteiger partial charge in [0.2, 0.25) is 5.13 Å². The van der Waals surface area contributed by atoms with Crippen LogP contribution in [0.3, 0.4) is 0 Å². The number of hydrogen-bond acceptors (Lipinski definition) is 7. The van der Waals surface area contributed by atoms with Crippen molar-refractivity contribution in [2.75, 3.05) is 5.73 Å². The Hall–Kier alpha value is -1.84. The van der Waals surface area contributed by atoms with E-state index in [-0.39, 0.29) is 5.91 Å². The maximum Gasteiger partial charge on any atom is 0.269 e. The molecule has 0 spiro atoms. The highest BCUT2D eigenvalue weighted by atomic mass is 35.5. The number of hydrazine groups is 1. The number of carbonyl (C=O) groups is 2. The normalized spacial score (nSPS) is 11.7. The number of halogens is 1. The quantitative estimate of drug-likeness (QED) is 0.567. The zero-order valence-corrected chi connectivity index (χ0v) is 13.8. The van der Waals surface area contributed by atoms with Crippen LogP contribution in [0.1, 0.15) is 17.3 Å². The summed E-state index contributed by atoms with van der Waals surface area (Å²) in [6, 6.07) is 6.40. The summed E-state index contributed by atoms with van der Waals surface area (Å²) < 4.78 is 0.585. The summed E-state index contributed by atoms with van der Waals surface area (Å²) >= 11 is 8.20. The highest BCUT2D eigenvalue weighted by molar-refractivity contribution is 8.02. The molecule has 0 aliphatic carbocycles. The van der Waals surface area contributed by atoms with E-state index >= 15 is 0 Å². The van der Waals surface area contributed by atoms with Crippen molar-refractivity contribution in [1.82, 2.24) is 21.0 Å². The van der Waals surface area contributed by atoms with Crippen LogP contribution >= 0.6 is 34.7 Å². The van der Waals surface area contributed by atoms with Crippen molar-refractivity contribution in [3.63, 3.8) is 0 Å². The monoisotopic (exact) mass is 357 g/mol. The maximum absolute atomic E-state index is 11.9. The predicted molar refractivity (Wildman–Crippen MR) is 86.7 cm³/mol. The van der Waals surface area contributed by atoms with Crippen LogP contribution in [-0.2, 0) is 4.79 Å². The molecule has 0 aliphatic heterocycles. The Morgan fingerprint density at radius 1 is 1.36 bits per heavy atom. The topological polar surface area (TPSA) is 110 Å². The molecule has 7 nitrogen and oxygen atoms in total. The second kappa shape index (κ2) is 7.43. The Morgan fingerprint density at radius 2 is 2.14 bits per heavy atom. The first-order valence-electron chi connectivity index (χ1n) is 6.07. The number of nitrogens with two attached hydrogens (primary N) is 1. The van der Waals surface area contributed by atoms with E-state index in [0.29, 0.717) is 20.1 Å². The molecule has 0 saturated heterocycles. The number of carbonyl (C=O) groups excluding carboxylic acids is 2. The van der Waals surface area contributed by atoms with Gasteiger partial charge in [-0.3, -0.25) is 20.4 Å². The molecule has 2 amide bonds. The van der Waals surface area contributed by atoms with E-state index in [0.717, 1.165) is 0 Å². The van der Waals surface area contributed by atoms with Gasteiger partial charge in [-0.25, -0.2) is 0 Å². The SMILES string of the molecule is C[C@@H](Sc1nnc(N)s1)C(=O)NNC(=O)c1cccc(Cl)c1. The second-order valence-corrected chi connectivity index (χ2v) is 7.15. The summed E-state index contributed by atoms with van der Waals surface area (Å²) in [6.07, 6.45) is 0. The third-order valence-corrected chi connectivity index (χ3v) is 4.63. The Labute approximate surface area is 139 Å². The molecule has 116 valence electrons. The molecule has 1 atom stereocenters. The number of rotatable bonds is 4. The molecule has 0 unspecified atom stereocenters. The van der Waals surface area contributed by atoms with E-state index in [1.165, 1.54) is 29.2 Å². The fraction of sp³-hybridized carbons (Fsp3) is 0.167. The molecule has 1 aromatic heterocycles. The van der Waals surface area contributed by atoms with Crippen molar-refractivity contribution >= 4 is 51.6 Å². The van der Waals surface area contributed by atoms with Gasteiger partial charge < -0.3 is 5.73 Å². The summed E-state index contributed by atoms with van der Waals surface area (Å²) in [7, 11) is 0.